The number of rotatable bonds is 6. The number of methoxy groups -OCH3 is 1. The Morgan fingerprint density at radius 3 is 2.72 bits per heavy atom. The van der Waals surface area contributed by atoms with Crippen molar-refractivity contribution >= 4 is 5.91 Å². The number of hydrogen-bond acceptors (Lipinski definition) is 5. The van der Waals surface area contributed by atoms with Crippen molar-refractivity contribution in [2.75, 3.05) is 20.7 Å². The summed E-state index contributed by atoms with van der Waals surface area (Å²) in [4.78, 5) is 23.5. The molecule has 1 atom stereocenters. The fourth-order valence-electron chi connectivity index (χ4n) is 4.41. The van der Waals surface area contributed by atoms with E-state index in [2.05, 4.69) is 52.5 Å². The summed E-state index contributed by atoms with van der Waals surface area (Å²) in [7, 11) is 3.34. The van der Waals surface area contributed by atoms with Gasteiger partial charge in [-0.25, -0.2) is 0 Å². The van der Waals surface area contributed by atoms with E-state index in [-0.39, 0.29) is 11.9 Å². The van der Waals surface area contributed by atoms with Crippen LogP contribution in [0.15, 0.2) is 48.7 Å². The minimum Gasteiger partial charge on any atom is -0.496 e. The van der Waals surface area contributed by atoms with Gasteiger partial charge in [0.1, 0.15) is 11.4 Å². The zero-order valence-electron chi connectivity index (χ0n) is 19.2. The van der Waals surface area contributed by atoms with Crippen LogP contribution in [0.4, 0.5) is 0 Å². The van der Waals surface area contributed by atoms with E-state index in [1.807, 2.05) is 13.0 Å². The maximum Gasteiger partial charge on any atom is 0.269 e. The van der Waals surface area contributed by atoms with Crippen LogP contribution in [0.3, 0.4) is 0 Å². The van der Waals surface area contributed by atoms with E-state index >= 15 is 0 Å². The minimum atomic E-state index is -0.184. The van der Waals surface area contributed by atoms with Gasteiger partial charge in [-0.15, -0.1) is 0 Å². The molecule has 1 saturated heterocycles. The Hall–Kier alpha value is -3.25. The topological polar surface area (TPSA) is 67.4 Å². The number of aryl methyl sites for hydroxylation is 2. The van der Waals surface area contributed by atoms with Gasteiger partial charge >= 0.3 is 0 Å². The Bertz CT molecular complexity index is 1110. The van der Waals surface area contributed by atoms with Crippen LogP contribution in [0.2, 0.25) is 0 Å². The lowest BCUT2D eigenvalue weighted by Gasteiger charge is -2.25. The van der Waals surface area contributed by atoms with Crippen LogP contribution in [0.1, 0.15) is 51.9 Å². The van der Waals surface area contributed by atoms with Gasteiger partial charge in [0.15, 0.2) is 0 Å². The summed E-state index contributed by atoms with van der Waals surface area (Å²) in [6.45, 7) is 5.98. The molecule has 0 bridgehead atoms. The van der Waals surface area contributed by atoms with Crippen LogP contribution in [0, 0.1) is 13.8 Å². The number of nitrogens with zero attached hydrogens (tertiary/aromatic N) is 3. The molecule has 0 radical (unpaired) electrons. The molecule has 3 heterocycles. The van der Waals surface area contributed by atoms with E-state index < -0.39 is 0 Å². The normalized spacial score (nSPS) is 16.2. The number of amides is 1. The largest absolute Gasteiger partial charge is 0.496 e. The second-order valence-electron chi connectivity index (χ2n) is 8.38. The van der Waals surface area contributed by atoms with Crippen molar-refractivity contribution in [1.29, 1.82) is 0 Å². The molecule has 1 aromatic carbocycles. The molecule has 0 saturated carbocycles. The summed E-state index contributed by atoms with van der Waals surface area (Å²) in [6.07, 6.45) is 3.98. The Labute approximate surface area is 189 Å². The third kappa shape index (κ3) is 4.65. The van der Waals surface area contributed by atoms with Crippen LogP contribution in [-0.4, -0.2) is 41.5 Å². The van der Waals surface area contributed by atoms with Crippen molar-refractivity contribution in [3.8, 4) is 16.9 Å². The van der Waals surface area contributed by atoms with Crippen LogP contribution in [0.25, 0.3) is 11.1 Å². The van der Waals surface area contributed by atoms with Crippen molar-refractivity contribution in [1.82, 2.24) is 20.2 Å². The van der Waals surface area contributed by atoms with Gasteiger partial charge in [-0.05, 0) is 68.6 Å². The number of likely N-dealkylation sites (tertiary alicyclic amines) is 1. The fraction of sp³-hybridized carbons (Fsp3) is 0.346. The second-order valence-corrected chi connectivity index (χ2v) is 8.38. The molecule has 2 aromatic heterocycles. The summed E-state index contributed by atoms with van der Waals surface area (Å²) in [5.41, 5.74) is 6.93. The molecule has 32 heavy (non-hydrogen) atoms. The molecule has 1 N–H and O–H groups in total. The molecular formula is C26H30N4O2. The van der Waals surface area contributed by atoms with Gasteiger partial charge in [-0.1, -0.05) is 18.2 Å². The number of benzene rings is 1. The summed E-state index contributed by atoms with van der Waals surface area (Å²) in [5, 5.41) is 2.61. The molecule has 3 aromatic rings. The zero-order valence-corrected chi connectivity index (χ0v) is 19.2. The first-order valence-electron chi connectivity index (χ1n) is 11.0. The van der Waals surface area contributed by atoms with Crippen LogP contribution < -0.4 is 10.1 Å². The van der Waals surface area contributed by atoms with Gasteiger partial charge in [-0.2, -0.15) is 0 Å². The first-order chi connectivity index (χ1) is 15.5. The molecular weight excluding hydrogens is 400 g/mol. The Morgan fingerprint density at radius 1 is 1.16 bits per heavy atom. The molecule has 1 unspecified atom stereocenters. The van der Waals surface area contributed by atoms with Gasteiger partial charge in [0.05, 0.1) is 18.8 Å². The number of hydrogen-bond donors (Lipinski definition) is 1. The van der Waals surface area contributed by atoms with Crippen molar-refractivity contribution in [2.45, 2.75) is 39.3 Å². The minimum absolute atomic E-state index is 0.184. The van der Waals surface area contributed by atoms with E-state index in [0.717, 1.165) is 54.2 Å². The highest BCUT2D eigenvalue weighted by Gasteiger charge is 2.28. The maximum absolute atomic E-state index is 11.8. The number of carbonyl (C=O) groups excluding carboxylic acids is 1. The summed E-state index contributed by atoms with van der Waals surface area (Å²) in [6, 6.07) is 14.6. The highest BCUT2D eigenvalue weighted by atomic mass is 16.5. The van der Waals surface area contributed by atoms with Gasteiger partial charge in [0, 0.05) is 36.6 Å². The van der Waals surface area contributed by atoms with Crippen molar-refractivity contribution < 1.29 is 9.53 Å². The van der Waals surface area contributed by atoms with E-state index in [0.29, 0.717) is 5.69 Å². The first kappa shape index (κ1) is 22.0. The first-order valence-corrected chi connectivity index (χ1v) is 11.0. The lowest BCUT2D eigenvalue weighted by atomic mass is 10.0. The number of nitrogens with one attached hydrogen (secondary N) is 1. The number of pyridine rings is 2. The third-order valence-corrected chi connectivity index (χ3v) is 6.05. The van der Waals surface area contributed by atoms with Crippen LogP contribution >= 0.6 is 0 Å². The van der Waals surface area contributed by atoms with E-state index in [9.17, 15) is 4.79 Å². The van der Waals surface area contributed by atoms with Crippen LogP contribution in [0.5, 0.6) is 5.75 Å². The second kappa shape index (κ2) is 9.49. The summed E-state index contributed by atoms with van der Waals surface area (Å²) >= 11 is 0. The number of ether oxygens (including phenoxy) is 1. The van der Waals surface area contributed by atoms with Gasteiger partial charge in [0.25, 0.3) is 5.91 Å². The molecule has 1 amide bonds. The highest BCUT2D eigenvalue weighted by Crippen LogP contribution is 2.35. The SMILES string of the molecule is CNC(=O)c1ccc(-c2cc(C)nc(C3CCCN3Cc3ccc(C)cc3OC)c2)cn1. The lowest BCUT2D eigenvalue weighted by Crippen LogP contribution is -2.24. The lowest BCUT2D eigenvalue weighted by molar-refractivity contribution is 0.0958. The quantitative estimate of drug-likeness (QED) is 0.625. The predicted molar refractivity (Wildman–Crippen MR) is 126 cm³/mol. The highest BCUT2D eigenvalue weighted by molar-refractivity contribution is 5.92. The Balaban J connectivity index is 1.60. The molecule has 0 spiro atoms. The summed E-state index contributed by atoms with van der Waals surface area (Å²) < 4.78 is 5.63. The van der Waals surface area contributed by atoms with Crippen molar-refractivity contribution in [3.63, 3.8) is 0 Å². The van der Waals surface area contributed by atoms with Crippen molar-refractivity contribution in [2.24, 2.45) is 0 Å². The number of carbonyl (C=O) groups is 1. The standard InChI is InChI=1S/C26H30N4O2/c1-17-7-8-20(25(12-17)32-4)16-30-11-5-6-24(30)23-14-21(13-18(2)29-23)19-9-10-22(28-15-19)26(31)27-3/h7-10,12-15,24H,5-6,11,16H2,1-4H3,(H,27,31). The zero-order chi connectivity index (χ0) is 22.7. The number of aromatic nitrogens is 2. The molecule has 4 rings (SSSR count). The maximum atomic E-state index is 11.8. The molecule has 1 fully saturated rings. The molecule has 6 heteroatoms. The van der Waals surface area contributed by atoms with Crippen molar-refractivity contribution in [3.05, 3.63) is 76.9 Å². The molecule has 0 aliphatic carbocycles. The predicted octanol–water partition coefficient (Wildman–Crippen LogP) is 4.47. The molecule has 6 nitrogen and oxygen atoms in total. The average molecular weight is 431 g/mol. The smallest absolute Gasteiger partial charge is 0.269 e. The van der Waals surface area contributed by atoms with Gasteiger partial charge < -0.3 is 10.1 Å². The van der Waals surface area contributed by atoms with E-state index in [4.69, 9.17) is 9.72 Å². The molecule has 1 aliphatic heterocycles. The average Bonchev–Trinajstić information content (AvgIpc) is 3.27. The molecule has 166 valence electrons. The van der Waals surface area contributed by atoms with E-state index in [1.54, 1.807) is 26.4 Å². The third-order valence-electron chi connectivity index (χ3n) is 6.05. The Morgan fingerprint density at radius 2 is 2.00 bits per heavy atom. The molecule has 1 aliphatic rings. The monoisotopic (exact) mass is 430 g/mol. The van der Waals surface area contributed by atoms with Gasteiger partial charge in [-0.3, -0.25) is 19.7 Å². The van der Waals surface area contributed by atoms with Gasteiger partial charge in [0.2, 0.25) is 0 Å². The fourth-order valence-corrected chi connectivity index (χ4v) is 4.41. The summed E-state index contributed by atoms with van der Waals surface area (Å²) in [5.74, 6) is 0.757. The Kier molecular flexibility index (Phi) is 6.51. The van der Waals surface area contributed by atoms with E-state index in [1.165, 1.54) is 11.1 Å². The van der Waals surface area contributed by atoms with Crippen LogP contribution in [-0.2, 0) is 6.54 Å².